The Morgan fingerprint density at radius 1 is 1.11 bits per heavy atom. The molecule has 18 heavy (non-hydrogen) atoms. The van der Waals surface area contributed by atoms with Crippen molar-refractivity contribution in [3.8, 4) is 11.1 Å². The van der Waals surface area contributed by atoms with Gasteiger partial charge in [-0.15, -0.1) is 0 Å². The van der Waals surface area contributed by atoms with Gasteiger partial charge in [0.2, 0.25) is 0 Å². The van der Waals surface area contributed by atoms with E-state index in [-0.39, 0.29) is 6.10 Å². The summed E-state index contributed by atoms with van der Waals surface area (Å²) in [5.74, 6) is 0. The van der Waals surface area contributed by atoms with E-state index >= 15 is 0 Å². The Kier molecular flexibility index (Phi) is 2.63. The van der Waals surface area contributed by atoms with Crippen molar-refractivity contribution in [3.05, 3.63) is 59.2 Å². The summed E-state index contributed by atoms with van der Waals surface area (Å²) in [6.07, 6.45) is 0.737. The molecule has 0 N–H and O–H groups in total. The minimum atomic E-state index is -0.188. The molecule has 0 aliphatic heterocycles. The molecule has 0 saturated heterocycles. The number of carbonyl (C=O) groups is 1. The van der Waals surface area contributed by atoms with Gasteiger partial charge in [-0.3, -0.25) is 4.79 Å². The van der Waals surface area contributed by atoms with Gasteiger partial charge in [0.25, 0.3) is 6.47 Å². The van der Waals surface area contributed by atoms with Crippen molar-refractivity contribution in [2.45, 2.75) is 19.4 Å². The molecule has 2 aromatic carbocycles. The highest BCUT2D eigenvalue weighted by Gasteiger charge is 2.22. The quantitative estimate of drug-likeness (QED) is 0.653. The van der Waals surface area contributed by atoms with Crippen molar-refractivity contribution in [2.75, 3.05) is 0 Å². The first kappa shape index (κ1) is 11.0. The van der Waals surface area contributed by atoms with Crippen molar-refractivity contribution in [2.24, 2.45) is 0 Å². The lowest BCUT2D eigenvalue weighted by Gasteiger charge is -2.14. The zero-order chi connectivity index (χ0) is 12.5. The molecule has 3 rings (SSSR count). The van der Waals surface area contributed by atoms with Gasteiger partial charge in [0.15, 0.2) is 0 Å². The zero-order valence-corrected chi connectivity index (χ0v) is 10.2. The Morgan fingerprint density at radius 2 is 1.89 bits per heavy atom. The topological polar surface area (TPSA) is 26.3 Å². The monoisotopic (exact) mass is 238 g/mol. The van der Waals surface area contributed by atoms with Gasteiger partial charge in [0.1, 0.15) is 6.10 Å². The van der Waals surface area contributed by atoms with Crippen LogP contribution in [0.2, 0.25) is 0 Å². The van der Waals surface area contributed by atoms with Gasteiger partial charge < -0.3 is 4.74 Å². The summed E-state index contributed by atoms with van der Waals surface area (Å²) < 4.78 is 5.07. The highest BCUT2D eigenvalue weighted by Crippen LogP contribution is 2.40. The van der Waals surface area contributed by atoms with Crippen molar-refractivity contribution in [1.82, 2.24) is 0 Å². The fourth-order valence-corrected chi connectivity index (χ4v) is 2.72. The summed E-state index contributed by atoms with van der Waals surface area (Å²) in [6.45, 7) is 2.43. The summed E-state index contributed by atoms with van der Waals surface area (Å²) in [4.78, 5) is 10.5. The van der Waals surface area contributed by atoms with Crippen molar-refractivity contribution >= 4 is 6.47 Å². The molecule has 1 unspecified atom stereocenters. The van der Waals surface area contributed by atoms with E-state index in [0.29, 0.717) is 6.47 Å². The maximum absolute atomic E-state index is 10.5. The smallest absolute Gasteiger partial charge is 0.293 e. The molecule has 2 aromatic rings. The SMILES string of the molecule is CC(OC=O)c1cccc2c1Cc1ccccc1-2. The first-order valence-electron chi connectivity index (χ1n) is 6.10. The Morgan fingerprint density at radius 3 is 2.72 bits per heavy atom. The van der Waals surface area contributed by atoms with E-state index in [4.69, 9.17) is 4.74 Å². The summed E-state index contributed by atoms with van der Waals surface area (Å²) in [5, 5.41) is 0. The molecule has 0 heterocycles. The molecule has 0 spiro atoms. The lowest BCUT2D eigenvalue weighted by molar-refractivity contribution is -0.133. The van der Waals surface area contributed by atoms with E-state index in [0.717, 1.165) is 12.0 Å². The molecule has 1 aliphatic carbocycles. The van der Waals surface area contributed by atoms with E-state index in [9.17, 15) is 4.79 Å². The minimum Gasteiger partial charge on any atom is -0.460 e. The largest absolute Gasteiger partial charge is 0.460 e. The van der Waals surface area contributed by atoms with Gasteiger partial charge in [-0.2, -0.15) is 0 Å². The predicted octanol–water partition coefficient (Wildman–Crippen LogP) is 3.49. The number of rotatable bonds is 3. The van der Waals surface area contributed by atoms with Crippen LogP contribution in [-0.4, -0.2) is 6.47 Å². The zero-order valence-electron chi connectivity index (χ0n) is 10.2. The third-order valence-electron chi connectivity index (χ3n) is 3.58. The van der Waals surface area contributed by atoms with Crippen LogP contribution in [0.3, 0.4) is 0 Å². The van der Waals surface area contributed by atoms with E-state index in [1.165, 1.54) is 22.3 Å². The lowest BCUT2D eigenvalue weighted by atomic mass is 9.98. The van der Waals surface area contributed by atoms with E-state index in [1.807, 2.05) is 19.1 Å². The van der Waals surface area contributed by atoms with Crippen LogP contribution in [-0.2, 0) is 16.0 Å². The molecule has 0 saturated carbocycles. The van der Waals surface area contributed by atoms with Gasteiger partial charge in [-0.25, -0.2) is 0 Å². The van der Waals surface area contributed by atoms with Crippen LogP contribution in [0.5, 0.6) is 0 Å². The average molecular weight is 238 g/mol. The Hall–Kier alpha value is -2.09. The van der Waals surface area contributed by atoms with Crippen LogP contribution >= 0.6 is 0 Å². The molecule has 2 heteroatoms. The molecule has 1 atom stereocenters. The number of hydrogen-bond acceptors (Lipinski definition) is 2. The van der Waals surface area contributed by atoms with Crippen LogP contribution in [0.25, 0.3) is 11.1 Å². The predicted molar refractivity (Wildman–Crippen MR) is 70.2 cm³/mol. The Balaban J connectivity index is 2.11. The van der Waals surface area contributed by atoms with Crippen molar-refractivity contribution in [1.29, 1.82) is 0 Å². The Labute approximate surface area is 106 Å². The molecule has 0 radical (unpaired) electrons. The highest BCUT2D eigenvalue weighted by atomic mass is 16.5. The fraction of sp³-hybridized carbons (Fsp3) is 0.188. The average Bonchev–Trinajstić information content (AvgIpc) is 2.77. The Bertz CT molecular complexity index is 602. The van der Waals surface area contributed by atoms with Crippen LogP contribution in [0, 0.1) is 0 Å². The minimum absolute atomic E-state index is 0.188. The van der Waals surface area contributed by atoms with Crippen LogP contribution in [0.4, 0.5) is 0 Å². The van der Waals surface area contributed by atoms with Crippen molar-refractivity contribution < 1.29 is 9.53 Å². The van der Waals surface area contributed by atoms with E-state index < -0.39 is 0 Å². The molecule has 0 bridgehead atoms. The van der Waals surface area contributed by atoms with Gasteiger partial charge in [-0.1, -0.05) is 42.5 Å². The van der Waals surface area contributed by atoms with Crippen LogP contribution < -0.4 is 0 Å². The number of fused-ring (bicyclic) bond motifs is 3. The molecule has 0 aromatic heterocycles. The highest BCUT2D eigenvalue weighted by molar-refractivity contribution is 5.78. The maximum atomic E-state index is 10.5. The molecule has 1 aliphatic rings. The van der Waals surface area contributed by atoms with Gasteiger partial charge in [0.05, 0.1) is 0 Å². The molecular formula is C16H14O2. The summed E-state index contributed by atoms with van der Waals surface area (Å²) in [7, 11) is 0. The molecule has 2 nitrogen and oxygen atoms in total. The van der Waals surface area contributed by atoms with Gasteiger partial charge in [0, 0.05) is 0 Å². The second-order valence-corrected chi connectivity index (χ2v) is 4.58. The van der Waals surface area contributed by atoms with Gasteiger partial charge >= 0.3 is 0 Å². The second kappa shape index (κ2) is 4.30. The number of ether oxygens (including phenoxy) is 1. The number of carbonyl (C=O) groups excluding carboxylic acids is 1. The van der Waals surface area contributed by atoms with Gasteiger partial charge in [-0.05, 0) is 41.2 Å². The summed E-state index contributed by atoms with van der Waals surface area (Å²) in [5.41, 5.74) is 6.30. The third kappa shape index (κ3) is 1.61. The number of benzene rings is 2. The first-order valence-corrected chi connectivity index (χ1v) is 6.10. The third-order valence-corrected chi connectivity index (χ3v) is 3.58. The number of hydrogen-bond donors (Lipinski definition) is 0. The van der Waals surface area contributed by atoms with E-state index in [2.05, 4.69) is 30.3 Å². The summed E-state index contributed by atoms with van der Waals surface area (Å²) >= 11 is 0. The first-order chi connectivity index (χ1) is 8.81. The van der Waals surface area contributed by atoms with Crippen molar-refractivity contribution in [3.63, 3.8) is 0 Å². The molecule has 0 fully saturated rings. The molecular weight excluding hydrogens is 224 g/mol. The standard InChI is InChI=1S/C16H14O2/c1-11(18-10-17)13-7-4-8-15-14-6-3-2-5-12(14)9-16(13)15/h2-8,10-11H,9H2,1H3. The van der Waals surface area contributed by atoms with E-state index in [1.54, 1.807) is 0 Å². The van der Waals surface area contributed by atoms with Crippen LogP contribution in [0.15, 0.2) is 42.5 Å². The molecule has 90 valence electrons. The summed E-state index contributed by atoms with van der Waals surface area (Å²) in [6, 6.07) is 14.6. The normalized spacial score (nSPS) is 13.6. The molecule has 0 amide bonds. The second-order valence-electron chi connectivity index (χ2n) is 4.58. The fourth-order valence-electron chi connectivity index (χ4n) is 2.72. The maximum Gasteiger partial charge on any atom is 0.293 e. The van der Waals surface area contributed by atoms with Crippen LogP contribution in [0.1, 0.15) is 29.7 Å². The lowest BCUT2D eigenvalue weighted by Crippen LogP contribution is -2.02.